The Balaban J connectivity index is 1.47. The fraction of sp³-hybridized carbons (Fsp3) is 0.300. The Morgan fingerprint density at radius 3 is 1.84 bits per heavy atom. The van der Waals surface area contributed by atoms with E-state index >= 15 is 0 Å². The highest BCUT2D eigenvalue weighted by atomic mass is 16.6. The second-order valence-corrected chi connectivity index (χ2v) is 9.56. The molecule has 190 valence electrons. The molecule has 0 radical (unpaired) electrons. The average molecular weight is 500 g/mol. The monoisotopic (exact) mass is 499 g/mol. The van der Waals surface area contributed by atoms with Crippen LogP contribution >= 0.6 is 0 Å². The fourth-order valence-corrected chi connectivity index (χ4v) is 5.14. The quantitative estimate of drug-likeness (QED) is 0.355. The zero-order chi connectivity index (χ0) is 25.9. The summed E-state index contributed by atoms with van der Waals surface area (Å²) in [6.07, 6.45) is 0.386. The van der Waals surface area contributed by atoms with Crippen molar-refractivity contribution in [3.05, 3.63) is 108 Å². The Morgan fingerprint density at radius 1 is 0.838 bits per heavy atom. The number of rotatable bonds is 7. The van der Waals surface area contributed by atoms with Crippen molar-refractivity contribution >= 4 is 17.8 Å². The summed E-state index contributed by atoms with van der Waals surface area (Å²) in [4.78, 5) is 43.2. The van der Waals surface area contributed by atoms with Crippen LogP contribution in [-0.2, 0) is 47.5 Å². The minimum atomic E-state index is -2.12. The second-order valence-electron chi connectivity index (χ2n) is 9.56. The van der Waals surface area contributed by atoms with E-state index in [0.717, 1.165) is 16.7 Å². The molecule has 2 heterocycles. The first-order valence-corrected chi connectivity index (χ1v) is 12.4. The summed E-state index contributed by atoms with van der Waals surface area (Å²) >= 11 is 0. The lowest BCUT2D eigenvalue weighted by atomic mass is 9.76. The Hall–Kier alpha value is -3.97. The van der Waals surface area contributed by atoms with Crippen molar-refractivity contribution < 1.29 is 28.6 Å². The fourth-order valence-electron chi connectivity index (χ4n) is 5.14. The minimum Gasteiger partial charge on any atom is -0.460 e. The summed E-state index contributed by atoms with van der Waals surface area (Å²) in [6.45, 7) is 1.99. The molecule has 3 aromatic rings. The summed E-state index contributed by atoms with van der Waals surface area (Å²) in [5.41, 5.74) is -0.985. The van der Waals surface area contributed by atoms with Gasteiger partial charge >= 0.3 is 11.9 Å². The third-order valence-electron chi connectivity index (χ3n) is 7.25. The van der Waals surface area contributed by atoms with Gasteiger partial charge in [-0.05, 0) is 30.9 Å². The lowest BCUT2D eigenvalue weighted by molar-refractivity contribution is -0.191. The molecule has 2 aliphatic rings. The molecule has 3 aromatic carbocycles. The molecule has 5 rings (SSSR count). The zero-order valence-corrected chi connectivity index (χ0v) is 20.7. The van der Waals surface area contributed by atoms with E-state index in [-0.39, 0.29) is 25.7 Å². The SMILES string of the molecule is C[C@@]1(c2ccccc2)OC[C@@H]2CCC(C(=O)OCc3ccccc3)(C(=O)OCc3ccccc3)C(=O)N21. The van der Waals surface area contributed by atoms with Gasteiger partial charge in [-0.15, -0.1) is 0 Å². The number of fused-ring (bicyclic) bond motifs is 1. The van der Waals surface area contributed by atoms with Crippen LogP contribution in [0.1, 0.15) is 36.5 Å². The smallest absolute Gasteiger partial charge is 0.333 e. The van der Waals surface area contributed by atoms with Crippen molar-refractivity contribution in [2.24, 2.45) is 5.41 Å². The maximum atomic E-state index is 14.3. The van der Waals surface area contributed by atoms with Crippen LogP contribution in [0.3, 0.4) is 0 Å². The van der Waals surface area contributed by atoms with Gasteiger partial charge in [-0.3, -0.25) is 14.4 Å². The summed E-state index contributed by atoms with van der Waals surface area (Å²) in [5.74, 6) is -2.45. The number of carbonyl (C=O) groups is 3. The third-order valence-corrected chi connectivity index (χ3v) is 7.25. The van der Waals surface area contributed by atoms with Crippen LogP contribution in [-0.4, -0.2) is 35.4 Å². The van der Waals surface area contributed by atoms with E-state index in [2.05, 4.69) is 0 Å². The van der Waals surface area contributed by atoms with Crippen molar-refractivity contribution in [1.82, 2.24) is 4.90 Å². The Kier molecular flexibility index (Phi) is 6.80. The van der Waals surface area contributed by atoms with Gasteiger partial charge in [0.2, 0.25) is 5.41 Å². The molecule has 2 atom stereocenters. The van der Waals surface area contributed by atoms with Crippen LogP contribution in [0.4, 0.5) is 0 Å². The zero-order valence-electron chi connectivity index (χ0n) is 20.7. The second kappa shape index (κ2) is 10.2. The topological polar surface area (TPSA) is 82.1 Å². The predicted molar refractivity (Wildman–Crippen MR) is 135 cm³/mol. The molecule has 7 nitrogen and oxygen atoms in total. The molecule has 0 N–H and O–H groups in total. The normalized spacial score (nSPS) is 22.2. The van der Waals surface area contributed by atoms with Crippen LogP contribution < -0.4 is 0 Å². The van der Waals surface area contributed by atoms with Crippen molar-refractivity contribution in [3.63, 3.8) is 0 Å². The van der Waals surface area contributed by atoms with E-state index in [1.54, 1.807) is 11.8 Å². The van der Waals surface area contributed by atoms with Gasteiger partial charge in [0.1, 0.15) is 13.2 Å². The van der Waals surface area contributed by atoms with Crippen LogP contribution in [0.2, 0.25) is 0 Å². The average Bonchev–Trinajstić information content (AvgIpc) is 3.30. The van der Waals surface area contributed by atoms with Gasteiger partial charge in [-0.2, -0.15) is 0 Å². The largest absolute Gasteiger partial charge is 0.460 e. The summed E-state index contributed by atoms with van der Waals surface area (Å²) in [5, 5.41) is 0. The molecule has 37 heavy (non-hydrogen) atoms. The molecular weight excluding hydrogens is 470 g/mol. The van der Waals surface area contributed by atoms with E-state index in [0.29, 0.717) is 13.0 Å². The maximum absolute atomic E-state index is 14.3. The van der Waals surface area contributed by atoms with Gasteiger partial charge in [0.15, 0.2) is 5.72 Å². The van der Waals surface area contributed by atoms with E-state index in [1.165, 1.54) is 0 Å². The molecule has 0 aromatic heterocycles. The molecule has 0 aliphatic carbocycles. The molecule has 0 unspecified atom stereocenters. The van der Waals surface area contributed by atoms with Crippen LogP contribution in [0.15, 0.2) is 91.0 Å². The maximum Gasteiger partial charge on any atom is 0.333 e. The van der Waals surface area contributed by atoms with Gasteiger partial charge in [0.05, 0.1) is 12.6 Å². The minimum absolute atomic E-state index is 0.0114. The highest BCUT2D eigenvalue weighted by Gasteiger charge is 2.65. The Labute approximate surface area is 215 Å². The van der Waals surface area contributed by atoms with Gasteiger partial charge in [0, 0.05) is 5.56 Å². The van der Waals surface area contributed by atoms with Gasteiger partial charge < -0.3 is 19.1 Å². The molecule has 1 amide bonds. The first kappa shape index (κ1) is 24.7. The Bertz CT molecular complexity index is 1210. The number of piperidine rings is 1. The number of amides is 1. The molecule has 0 spiro atoms. The molecule has 0 saturated carbocycles. The first-order valence-electron chi connectivity index (χ1n) is 12.4. The molecule has 0 bridgehead atoms. The lowest BCUT2D eigenvalue weighted by Gasteiger charge is -2.45. The van der Waals surface area contributed by atoms with Gasteiger partial charge in [-0.25, -0.2) is 0 Å². The molecule has 7 heteroatoms. The predicted octanol–water partition coefficient (Wildman–Crippen LogP) is 4.35. The van der Waals surface area contributed by atoms with E-state index in [9.17, 15) is 14.4 Å². The molecule has 2 saturated heterocycles. The molecule has 2 aliphatic heterocycles. The standard InChI is InChI=1S/C30H29NO6/c1-29(24-15-9-4-10-16-24)31-25(21-37-29)17-18-30(26(31)32,27(33)35-19-22-11-5-2-6-12-22)28(34)36-20-23-13-7-3-8-14-23/h2-16,25H,17-21H2,1H3/t25-,29-/m0/s1. The number of nitrogens with zero attached hydrogens (tertiary/aromatic N) is 1. The molecular formula is C30H29NO6. The van der Waals surface area contributed by atoms with Gasteiger partial charge in [-0.1, -0.05) is 91.0 Å². The van der Waals surface area contributed by atoms with Gasteiger partial charge in [0.25, 0.3) is 5.91 Å². The van der Waals surface area contributed by atoms with Crippen molar-refractivity contribution in [1.29, 1.82) is 0 Å². The van der Waals surface area contributed by atoms with Crippen LogP contribution in [0, 0.1) is 5.41 Å². The van der Waals surface area contributed by atoms with Crippen molar-refractivity contribution in [2.75, 3.05) is 6.61 Å². The summed E-state index contributed by atoms with van der Waals surface area (Å²) < 4.78 is 17.4. The summed E-state index contributed by atoms with van der Waals surface area (Å²) in [7, 11) is 0. The van der Waals surface area contributed by atoms with Crippen LogP contribution in [0.5, 0.6) is 0 Å². The number of benzene rings is 3. The third kappa shape index (κ3) is 4.51. The highest BCUT2D eigenvalue weighted by molar-refractivity contribution is 6.20. The number of hydrogen-bond donors (Lipinski definition) is 0. The van der Waals surface area contributed by atoms with E-state index in [4.69, 9.17) is 14.2 Å². The number of ether oxygens (including phenoxy) is 3. The summed E-state index contributed by atoms with van der Waals surface area (Å²) in [6, 6.07) is 27.4. The van der Waals surface area contributed by atoms with Crippen molar-refractivity contribution in [2.45, 2.75) is 44.7 Å². The number of carbonyl (C=O) groups excluding carboxylic acids is 3. The number of hydrogen-bond acceptors (Lipinski definition) is 6. The molecule has 2 fully saturated rings. The highest BCUT2D eigenvalue weighted by Crippen LogP contribution is 2.47. The van der Waals surface area contributed by atoms with E-state index in [1.807, 2.05) is 91.0 Å². The lowest BCUT2D eigenvalue weighted by Crippen LogP contribution is -2.63. The van der Waals surface area contributed by atoms with Crippen LogP contribution in [0.25, 0.3) is 0 Å². The number of esters is 2. The Morgan fingerprint density at radius 2 is 1.32 bits per heavy atom. The van der Waals surface area contributed by atoms with Crippen molar-refractivity contribution in [3.8, 4) is 0 Å². The van der Waals surface area contributed by atoms with E-state index < -0.39 is 29.0 Å². The first-order chi connectivity index (χ1) is 17.9.